The van der Waals surface area contributed by atoms with Gasteiger partial charge < -0.3 is 0 Å². The van der Waals surface area contributed by atoms with E-state index in [4.69, 9.17) is 0 Å². The summed E-state index contributed by atoms with van der Waals surface area (Å²) in [5.41, 5.74) is 1.74. The van der Waals surface area contributed by atoms with Crippen molar-refractivity contribution in [3.63, 3.8) is 0 Å². The van der Waals surface area contributed by atoms with E-state index in [0.29, 0.717) is 17.8 Å². The maximum absolute atomic E-state index is 11.3. The molecule has 0 unspecified atom stereocenters. The SMILES string of the molecule is O=CC(=O)c1cccc(C2CCCCC2)c1. The minimum Gasteiger partial charge on any atom is -0.294 e. The second-order valence-electron chi connectivity index (χ2n) is 4.44. The van der Waals surface area contributed by atoms with Gasteiger partial charge in [0.2, 0.25) is 5.78 Å². The standard InChI is InChI=1S/C14H16O2/c15-10-14(16)13-8-4-7-12(9-13)11-5-2-1-3-6-11/h4,7-11H,1-3,5-6H2. The van der Waals surface area contributed by atoms with E-state index in [1.807, 2.05) is 12.1 Å². The summed E-state index contributed by atoms with van der Waals surface area (Å²) in [5.74, 6) is 0.158. The van der Waals surface area contributed by atoms with Gasteiger partial charge in [-0.05, 0) is 30.4 Å². The van der Waals surface area contributed by atoms with Crippen LogP contribution in [0, 0.1) is 0 Å². The minimum absolute atomic E-state index is 0.389. The first-order valence-electron chi connectivity index (χ1n) is 5.91. The summed E-state index contributed by atoms with van der Waals surface area (Å²) in [4.78, 5) is 21.7. The molecule has 16 heavy (non-hydrogen) atoms. The van der Waals surface area contributed by atoms with Crippen LogP contribution < -0.4 is 0 Å². The van der Waals surface area contributed by atoms with E-state index in [1.165, 1.54) is 37.7 Å². The first kappa shape index (κ1) is 11.1. The van der Waals surface area contributed by atoms with E-state index in [1.54, 1.807) is 6.07 Å². The molecule has 0 aliphatic heterocycles. The number of benzene rings is 1. The van der Waals surface area contributed by atoms with Gasteiger partial charge in [-0.25, -0.2) is 0 Å². The van der Waals surface area contributed by atoms with Crippen molar-refractivity contribution in [1.82, 2.24) is 0 Å². The van der Waals surface area contributed by atoms with Gasteiger partial charge in [-0.3, -0.25) is 9.59 Å². The van der Waals surface area contributed by atoms with Crippen molar-refractivity contribution in [3.8, 4) is 0 Å². The highest BCUT2D eigenvalue weighted by Crippen LogP contribution is 2.32. The number of aldehydes is 1. The summed E-state index contributed by atoms with van der Waals surface area (Å²) >= 11 is 0. The van der Waals surface area contributed by atoms with Crippen LogP contribution in [0.2, 0.25) is 0 Å². The molecular formula is C14H16O2. The third-order valence-corrected chi connectivity index (χ3v) is 3.35. The Kier molecular flexibility index (Phi) is 3.50. The molecule has 2 rings (SSSR count). The van der Waals surface area contributed by atoms with Crippen LogP contribution in [0.15, 0.2) is 24.3 Å². The Labute approximate surface area is 95.7 Å². The van der Waals surface area contributed by atoms with E-state index in [9.17, 15) is 9.59 Å². The van der Waals surface area contributed by atoms with Gasteiger partial charge in [-0.2, -0.15) is 0 Å². The lowest BCUT2D eigenvalue weighted by molar-refractivity contribution is -0.104. The quantitative estimate of drug-likeness (QED) is 0.442. The molecule has 0 radical (unpaired) electrons. The van der Waals surface area contributed by atoms with Crippen molar-refractivity contribution in [1.29, 1.82) is 0 Å². The molecule has 1 aliphatic rings. The third-order valence-electron chi connectivity index (χ3n) is 3.35. The average Bonchev–Trinajstić information content (AvgIpc) is 2.39. The van der Waals surface area contributed by atoms with Crippen LogP contribution >= 0.6 is 0 Å². The van der Waals surface area contributed by atoms with Crippen LogP contribution in [0.25, 0.3) is 0 Å². The number of carbonyl (C=O) groups excluding carboxylic acids is 2. The van der Waals surface area contributed by atoms with E-state index in [-0.39, 0.29) is 0 Å². The molecule has 2 nitrogen and oxygen atoms in total. The molecule has 1 aromatic carbocycles. The zero-order valence-corrected chi connectivity index (χ0v) is 9.32. The molecule has 0 bridgehead atoms. The fourth-order valence-electron chi connectivity index (χ4n) is 2.45. The van der Waals surface area contributed by atoms with Crippen molar-refractivity contribution in [2.24, 2.45) is 0 Å². The summed E-state index contributed by atoms with van der Waals surface area (Å²) in [7, 11) is 0. The molecule has 0 aromatic heterocycles. The van der Waals surface area contributed by atoms with Crippen LogP contribution in [0.5, 0.6) is 0 Å². The predicted octanol–water partition coefficient (Wildman–Crippen LogP) is 3.12. The maximum Gasteiger partial charge on any atom is 0.225 e. The highest BCUT2D eigenvalue weighted by molar-refractivity contribution is 6.33. The summed E-state index contributed by atoms with van der Waals surface area (Å²) in [5, 5.41) is 0. The first-order chi connectivity index (χ1) is 7.81. The number of ketones is 1. The number of Topliss-reactive ketones (excluding diaryl/α,β-unsaturated/α-hetero) is 1. The van der Waals surface area contributed by atoms with Crippen molar-refractivity contribution >= 4 is 12.1 Å². The number of carbonyl (C=O) groups is 2. The van der Waals surface area contributed by atoms with Gasteiger partial charge in [0, 0.05) is 5.56 Å². The fraction of sp³-hybridized carbons (Fsp3) is 0.429. The molecule has 0 spiro atoms. The Balaban J connectivity index is 2.20. The lowest BCUT2D eigenvalue weighted by Crippen LogP contribution is -2.06. The summed E-state index contributed by atoms with van der Waals surface area (Å²) in [6.07, 6.45) is 6.67. The van der Waals surface area contributed by atoms with Gasteiger partial charge in [0.1, 0.15) is 0 Å². The van der Waals surface area contributed by atoms with Gasteiger partial charge in [-0.15, -0.1) is 0 Å². The molecule has 2 heteroatoms. The molecule has 1 aliphatic carbocycles. The van der Waals surface area contributed by atoms with E-state index < -0.39 is 5.78 Å². The smallest absolute Gasteiger partial charge is 0.225 e. The zero-order chi connectivity index (χ0) is 11.4. The highest BCUT2D eigenvalue weighted by Gasteiger charge is 2.16. The van der Waals surface area contributed by atoms with E-state index in [2.05, 4.69) is 6.07 Å². The molecule has 1 saturated carbocycles. The number of hydrogen-bond donors (Lipinski definition) is 0. The predicted molar refractivity (Wildman–Crippen MR) is 62.7 cm³/mol. The van der Waals surface area contributed by atoms with Gasteiger partial charge in [0.05, 0.1) is 0 Å². The van der Waals surface area contributed by atoms with Crippen LogP contribution in [-0.2, 0) is 4.79 Å². The molecule has 84 valence electrons. The monoisotopic (exact) mass is 216 g/mol. The number of hydrogen-bond acceptors (Lipinski definition) is 2. The molecule has 1 aromatic rings. The molecule has 0 N–H and O–H groups in total. The zero-order valence-electron chi connectivity index (χ0n) is 9.32. The van der Waals surface area contributed by atoms with Gasteiger partial charge in [-0.1, -0.05) is 37.5 Å². The van der Waals surface area contributed by atoms with Crippen LogP contribution in [0.1, 0.15) is 53.9 Å². The summed E-state index contributed by atoms with van der Waals surface area (Å²) in [6, 6.07) is 7.54. The molecule has 0 atom stereocenters. The summed E-state index contributed by atoms with van der Waals surface area (Å²) in [6.45, 7) is 0. The Hall–Kier alpha value is -1.44. The van der Waals surface area contributed by atoms with Crippen molar-refractivity contribution < 1.29 is 9.59 Å². The van der Waals surface area contributed by atoms with Crippen molar-refractivity contribution in [3.05, 3.63) is 35.4 Å². The Morgan fingerprint density at radius 3 is 2.62 bits per heavy atom. The lowest BCUT2D eigenvalue weighted by Gasteiger charge is -2.22. The third kappa shape index (κ3) is 2.38. The average molecular weight is 216 g/mol. The second kappa shape index (κ2) is 5.06. The molecule has 0 amide bonds. The Morgan fingerprint density at radius 2 is 1.94 bits per heavy atom. The van der Waals surface area contributed by atoms with Crippen LogP contribution in [-0.4, -0.2) is 12.1 Å². The highest BCUT2D eigenvalue weighted by atomic mass is 16.2. The lowest BCUT2D eigenvalue weighted by atomic mass is 9.83. The van der Waals surface area contributed by atoms with Gasteiger partial charge in [0.25, 0.3) is 0 Å². The van der Waals surface area contributed by atoms with E-state index >= 15 is 0 Å². The van der Waals surface area contributed by atoms with Crippen molar-refractivity contribution in [2.75, 3.05) is 0 Å². The topological polar surface area (TPSA) is 34.1 Å². The van der Waals surface area contributed by atoms with Crippen LogP contribution in [0.4, 0.5) is 0 Å². The van der Waals surface area contributed by atoms with Crippen LogP contribution in [0.3, 0.4) is 0 Å². The molecule has 0 heterocycles. The Morgan fingerprint density at radius 1 is 1.19 bits per heavy atom. The minimum atomic E-state index is -0.419. The number of rotatable bonds is 3. The molecular weight excluding hydrogens is 200 g/mol. The largest absolute Gasteiger partial charge is 0.294 e. The molecule has 1 fully saturated rings. The van der Waals surface area contributed by atoms with Crippen molar-refractivity contribution in [2.45, 2.75) is 38.0 Å². The van der Waals surface area contributed by atoms with Gasteiger partial charge in [0.15, 0.2) is 6.29 Å². The molecule has 0 saturated heterocycles. The van der Waals surface area contributed by atoms with Gasteiger partial charge >= 0.3 is 0 Å². The van der Waals surface area contributed by atoms with E-state index in [0.717, 1.165) is 0 Å². The fourth-order valence-corrected chi connectivity index (χ4v) is 2.45. The first-order valence-corrected chi connectivity index (χ1v) is 5.91. The normalized spacial score (nSPS) is 17.0. The summed E-state index contributed by atoms with van der Waals surface area (Å²) < 4.78 is 0. The maximum atomic E-state index is 11.3. The second-order valence-corrected chi connectivity index (χ2v) is 4.44. The Bertz CT molecular complexity index is 389.